The Morgan fingerprint density at radius 3 is 2.85 bits per heavy atom. The Bertz CT molecular complexity index is 1180. The predicted molar refractivity (Wildman–Crippen MR) is 130 cm³/mol. The molecule has 0 aliphatic carbocycles. The van der Waals surface area contributed by atoms with Crippen molar-refractivity contribution >= 4 is 29.0 Å². The molecule has 12 nitrogen and oxygen atoms in total. The van der Waals surface area contributed by atoms with Crippen molar-refractivity contribution in [2.24, 2.45) is 5.92 Å². The largest absolute Gasteiger partial charge is 0.478 e. The predicted octanol–water partition coefficient (Wildman–Crippen LogP) is 1.07. The number of fused-ring (bicyclic) bond motifs is 1. The van der Waals surface area contributed by atoms with Gasteiger partial charge in [0.05, 0.1) is 37.8 Å². The highest BCUT2D eigenvalue weighted by atomic mass is 16.5. The summed E-state index contributed by atoms with van der Waals surface area (Å²) in [4.78, 5) is 25.3. The molecule has 182 valence electrons. The van der Waals surface area contributed by atoms with E-state index < -0.39 is 0 Å². The van der Waals surface area contributed by atoms with Gasteiger partial charge in [-0.3, -0.25) is 9.48 Å². The third kappa shape index (κ3) is 4.81. The molecule has 4 rings (SSSR count). The van der Waals surface area contributed by atoms with E-state index in [1.807, 2.05) is 31.9 Å². The number of hydrogen-bond donors (Lipinski definition) is 2. The molecule has 34 heavy (non-hydrogen) atoms. The molecule has 4 heterocycles. The molecule has 12 heteroatoms. The molecule has 1 saturated heterocycles. The monoisotopic (exact) mass is 468 g/mol. The molecule has 0 spiro atoms. The summed E-state index contributed by atoms with van der Waals surface area (Å²) in [5.74, 6) is 1.63. The molecule has 1 aliphatic heterocycles. The molecule has 1 amide bonds. The quantitative estimate of drug-likeness (QED) is 0.445. The molecule has 0 radical (unpaired) electrons. The highest BCUT2D eigenvalue weighted by Crippen LogP contribution is 2.29. The van der Waals surface area contributed by atoms with E-state index >= 15 is 0 Å². The minimum absolute atomic E-state index is 0.0138. The number of amides is 1. The van der Waals surface area contributed by atoms with Gasteiger partial charge in [-0.15, -0.1) is 10.2 Å². The lowest BCUT2D eigenvalue weighted by Gasteiger charge is -2.18. The molecule has 0 aromatic carbocycles. The Labute approximate surface area is 198 Å². The second-order valence-corrected chi connectivity index (χ2v) is 8.84. The van der Waals surface area contributed by atoms with E-state index in [2.05, 4.69) is 44.0 Å². The first kappa shape index (κ1) is 23.5. The van der Waals surface area contributed by atoms with E-state index in [9.17, 15) is 4.79 Å². The second-order valence-electron chi connectivity index (χ2n) is 8.84. The van der Waals surface area contributed by atoms with E-state index in [0.717, 1.165) is 18.8 Å². The number of hydrogen-bond acceptors (Lipinski definition) is 9. The van der Waals surface area contributed by atoms with Gasteiger partial charge in [0.25, 0.3) is 5.88 Å². The Hall–Kier alpha value is -3.67. The van der Waals surface area contributed by atoms with Crippen LogP contribution in [0.5, 0.6) is 5.88 Å². The molecule has 3 aromatic heterocycles. The van der Waals surface area contributed by atoms with Crippen LogP contribution in [0.3, 0.4) is 0 Å². The van der Waals surface area contributed by atoms with E-state index in [1.165, 1.54) is 6.08 Å². The highest BCUT2D eigenvalue weighted by molar-refractivity contribution is 5.87. The summed E-state index contributed by atoms with van der Waals surface area (Å²) >= 11 is 0. The lowest BCUT2D eigenvalue weighted by atomic mass is 10.1. The van der Waals surface area contributed by atoms with Crippen LogP contribution in [0, 0.1) is 12.8 Å². The zero-order chi connectivity index (χ0) is 24.4. The number of nitrogens with zero attached hydrogens (tertiary/aromatic N) is 8. The summed E-state index contributed by atoms with van der Waals surface area (Å²) in [6.45, 7) is 10.5. The van der Waals surface area contributed by atoms with E-state index in [-0.39, 0.29) is 17.9 Å². The average molecular weight is 469 g/mol. The summed E-state index contributed by atoms with van der Waals surface area (Å²) in [7, 11) is 5.63. The first-order chi connectivity index (χ1) is 16.3. The number of carbonyl (C=O) groups excluding carboxylic acids is 1. The number of imidazole rings is 1. The van der Waals surface area contributed by atoms with Crippen molar-refractivity contribution in [3.05, 3.63) is 30.7 Å². The average Bonchev–Trinajstić information content (AvgIpc) is 3.49. The van der Waals surface area contributed by atoms with Crippen LogP contribution in [0.25, 0.3) is 5.65 Å². The van der Waals surface area contributed by atoms with Gasteiger partial charge in [0.2, 0.25) is 11.9 Å². The van der Waals surface area contributed by atoms with Crippen molar-refractivity contribution in [1.29, 1.82) is 0 Å². The number of nitrogens with one attached hydrogen (secondary N) is 2. The van der Waals surface area contributed by atoms with Gasteiger partial charge in [0, 0.05) is 19.6 Å². The summed E-state index contributed by atoms with van der Waals surface area (Å²) in [6, 6.07) is -0.0138. The molecular weight excluding hydrogens is 436 g/mol. The van der Waals surface area contributed by atoms with Gasteiger partial charge in [0.1, 0.15) is 5.69 Å². The van der Waals surface area contributed by atoms with Crippen LogP contribution in [-0.4, -0.2) is 87.1 Å². The fourth-order valence-electron chi connectivity index (χ4n) is 3.94. The Morgan fingerprint density at radius 2 is 2.15 bits per heavy atom. The minimum Gasteiger partial charge on any atom is -0.478 e. The van der Waals surface area contributed by atoms with Crippen LogP contribution >= 0.6 is 0 Å². The summed E-state index contributed by atoms with van der Waals surface area (Å²) in [5, 5.41) is 15.6. The smallest absolute Gasteiger partial charge is 0.256 e. The van der Waals surface area contributed by atoms with Gasteiger partial charge in [-0.05, 0) is 33.0 Å². The maximum Gasteiger partial charge on any atom is 0.256 e. The zero-order valence-electron chi connectivity index (χ0n) is 20.3. The molecule has 2 atom stereocenters. The van der Waals surface area contributed by atoms with E-state index in [0.29, 0.717) is 42.1 Å². The number of rotatable bonds is 9. The van der Waals surface area contributed by atoms with E-state index in [1.54, 1.807) is 17.8 Å². The molecule has 2 unspecified atom stereocenters. The van der Waals surface area contributed by atoms with Crippen LogP contribution in [0.15, 0.2) is 25.0 Å². The number of carbonyl (C=O) groups is 1. The first-order valence-electron chi connectivity index (χ1n) is 11.2. The number of aryl methyl sites for hydroxylation is 1. The lowest BCUT2D eigenvalue weighted by molar-refractivity contribution is -0.117. The van der Waals surface area contributed by atoms with Gasteiger partial charge >= 0.3 is 0 Å². The van der Waals surface area contributed by atoms with Crippen molar-refractivity contribution in [3.63, 3.8) is 0 Å². The van der Waals surface area contributed by atoms with Crippen LogP contribution in [0.1, 0.15) is 12.6 Å². The van der Waals surface area contributed by atoms with Crippen molar-refractivity contribution in [2.75, 3.05) is 51.1 Å². The Kier molecular flexibility index (Phi) is 6.68. The normalized spacial score (nSPS) is 18.0. The summed E-state index contributed by atoms with van der Waals surface area (Å²) < 4.78 is 9.10. The summed E-state index contributed by atoms with van der Waals surface area (Å²) in [6.07, 6.45) is 4.95. The molecule has 3 aromatic rings. The number of ether oxygens (including phenoxy) is 1. The molecular formula is C22H32N10O2. The van der Waals surface area contributed by atoms with Crippen molar-refractivity contribution < 1.29 is 9.53 Å². The third-order valence-corrected chi connectivity index (χ3v) is 5.88. The number of methoxy groups -OCH3 is 1. The lowest BCUT2D eigenvalue weighted by Crippen LogP contribution is -2.39. The highest BCUT2D eigenvalue weighted by Gasteiger charge is 2.32. The van der Waals surface area contributed by atoms with Crippen molar-refractivity contribution in [3.8, 4) is 5.88 Å². The number of anilines is 3. The van der Waals surface area contributed by atoms with Gasteiger partial charge in [-0.2, -0.15) is 4.98 Å². The van der Waals surface area contributed by atoms with Gasteiger partial charge < -0.3 is 25.2 Å². The maximum atomic E-state index is 11.8. The second kappa shape index (κ2) is 9.67. The van der Waals surface area contributed by atoms with Gasteiger partial charge in [0.15, 0.2) is 11.5 Å². The fourth-order valence-corrected chi connectivity index (χ4v) is 3.94. The van der Waals surface area contributed by atoms with Crippen LogP contribution in [-0.2, 0) is 11.3 Å². The molecule has 0 bridgehead atoms. The fraction of sp³-hybridized carbons (Fsp3) is 0.500. The molecule has 2 N–H and O–H groups in total. The van der Waals surface area contributed by atoms with Crippen molar-refractivity contribution in [2.45, 2.75) is 26.4 Å². The van der Waals surface area contributed by atoms with Crippen LogP contribution in [0.2, 0.25) is 0 Å². The van der Waals surface area contributed by atoms with Gasteiger partial charge in [-0.1, -0.05) is 13.5 Å². The van der Waals surface area contributed by atoms with Crippen LogP contribution < -0.4 is 20.3 Å². The van der Waals surface area contributed by atoms with Gasteiger partial charge in [-0.25, -0.2) is 9.50 Å². The third-order valence-electron chi connectivity index (χ3n) is 5.88. The topological polar surface area (TPSA) is 118 Å². The van der Waals surface area contributed by atoms with Crippen LogP contribution in [0.4, 0.5) is 17.5 Å². The molecule has 0 saturated carbocycles. The zero-order valence-corrected chi connectivity index (χ0v) is 20.3. The van der Waals surface area contributed by atoms with Crippen molar-refractivity contribution in [1.82, 2.24) is 39.6 Å². The summed E-state index contributed by atoms with van der Waals surface area (Å²) in [5.41, 5.74) is 2.19. The standard InChI is InChI=1S/C22H32N10O2/c1-7-18(33)24-16-12-30(11-14(16)2)22-26-19(20-23-10-15(3)32(20)28-22)25-17-13-31(9-8-29(4)5)27-21(17)34-6/h7,10,13-14,16H,1,8-9,11-12H2,2-6H3,(H,24,33)(H,25,26,28). The first-order valence-corrected chi connectivity index (χ1v) is 11.2. The minimum atomic E-state index is -0.179. The molecule has 1 fully saturated rings. The SMILES string of the molecule is C=CC(=O)NC1CN(c2nc(Nc3cn(CCN(C)C)nc3OC)c3ncc(C)n3n2)CC1C. The number of aromatic nitrogens is 6. The number of likely N-dealkylation sites (N-methyl/N-ethyl adjacent to an activating group) is 1. The maximum absolute atomic E-state index is 11.8. The van der Waals surface area contributed by atoms with E-state index in [4.69, 9.17) is 14.8 Å². The Balaban J connectivity index is 1.64. The molecule has 1 aliphatic rings. The Morgan fingerprint density at radius 1 is 1.35 bits per heavy atom.